The van der Waals surface area contributed by atoms with Gasteiger partial charge in [-0.3, -0.25) is 19.3 Å². The minimum atomic E-state index is -0.427. The molecule has 0 aliphatic carbocycles. The molecule has 61 heavy (non-hydrogen) atoms. The van der Waals surface area contributed by atoms with Gasteiger partial charge in [0, 0.05) is 40.6 Å². The van der Waals surface area contributed by atoms with E-state index in [-0.39, 0.29) is 41.9 Å². The van der Waals surface area contributed by atoms with Crippen LogP contribution < -0.4 is 19.6 Å². The van der Waals surface area contributed by atoms with E-state index in [2.05, 4.69) is 56.0 Å². The average molecular weight is 1080 g/mol. The van der Waals surface area contributed by atoms with Crippen molar-refractivity contribution in [2.24, 2.45) is 0 Å². The van der Waals surface area contributed by atoms with Crippen molar-refractivity contribution in [1.82, 2.24) is 0 Å². The Labute approximate surface area is 361 Å². The Bertz CT molecular complexity index is 2190. The maximum absolute atomic E-state index is 12.3. The first kappa shape index (κ1) is 50.6. The van der Waals surface area contributed by atoms with Crippen LogP contribution in [0, 0.1) is 6.08 Å². The van der Waals surface area contributed by atoms with E-state index in [1.54, 1.807) is 24.0 Å². The predicted octanol–water partition coefficient (Wildman–Crippen LogP) is 11.5. The molecule has 4 aromatic carbocycles. The Hall–Kier alpha value is -6.50. The van der Waals surface area contributed by atoms with E-state index >= 15 is 0 Å². The number of Topliss-reactive ketones (excluding diaryl/α,β-unsaturated/α-hetero) is 1. The molecule has 0 fully saturated rings. The van der Waals surface area contributed by atoms with Gasteiger partial charge in [0.25, 0.3) is 11.7 Å². The van der Waals surface area contributed by atoms with Crippen LogP contribution in [0.2, 0.25) is 0 Å². The molecular formula is C52H69N4O4Rf-. The Morgan fingerprint density at radius 1 is 0.557 bits per heavy atom. The third-order valence-electron chi connectivity index (χ3n) is 10.3. The summed E-state index contributed by atoms with van der Waals surface area (Å²) in [7, 11) is 0. The number of carbonyl (C=O) groups excluding carboxylic acids is 4. The van der Waals surface area contributed by atoms with Crippen LogP contribution in [-0.4, -0.2) is 52.7 Å². The number of anilines is 4. The maximum atomic E-state index is 12.3. The molecule has 0 spiro atoms. The SMILES string of the molecule is C.CC.CC(C)(C)N1C(=O)C(=O)c2ccccc21.CC(C)(C)N1CCc2ccccc21.CC(C)N1C(=O)Cc2ccccc21.C[C-]=C1C(=O)N(C(C)(C)C)c2ccccc21.[Rf]. The molecule has 4 aromatic rings. The Balaban J connectivity index is 0.000000274. The smallest absolute Gasteiger partial charge is 0.299 e. The summed E-state index contributed by atoms with van der Waals surface area (Å²) in [6.07, 6.45) is 4.76. The largest absolute Gasteiger partial charge is 0.367 e. The van der Waals surface area contributed by atoms with Crippen LogP contribution in [0.4, 0.5) is 22.7 Å². The zero-order valence-electron chi connectivity index (χ0n) is 38.6. The molecule has 324 valence electrons. The fourth-order valence-corrected chi connectivity index (χ4v) is 7.86. The van der Waals surface area contributed by atoms with Gasteiger partial charge < -0.3 is 19.5 Å². The van der Waals surface area contributed by atoms with Crippen LogP contribution in [0.3, 0.4) is 0 Å². The summed E-state index contributed by atoms with van der Waals surface area (Å²) in [5.74, 6) is -0.559. The number of fused-ring (bicyclic) bond motifs is 4. The Morgan fingerprint density at radius 2 is 0.984 bits per heavy atom. The van der Waals surface area contributed by atoms with Crippen molar-refractivity contribution in [3.8, 4) is 0 Å². The van der Waals surface area contributed by atoms with E-state index in [1.165, 1.54) is 24.2 Å². The molecule has 0 N–H and O–H groups in total. The zero-order chi connectivity index (χ0) is 44.0. The van der Waals surface area contributed by atoms with Gasteiger partial charge >= 0.3 is 0 Å². The fraction of sp³-hybridized carbons (Fsp3) is 0.423. The van der Waals surface area contributed by atoms with Crippen LogP contribution in [0.1, 0.15) is 131 Å². The van der Waals surface area contributed by atoms with E-state index in [0.717, 1.165) is 28.2 Å². The van der Waals surface area contributed by atoms with Gasteiger partial charge in [-0.25, -0.2) is 0 Å². The number of rotatable bonds is 1. The molecule has 0 aromatic heterocycles. The number of amides is 3. The fourth-order valence-electron chi connectivity index (χ4n) is 7.86. The minimum absolute atomic E-state index is 0. The molecule has 0 saturated heterocycles. The molecule has 4 aliphatic heterocycles. The summed E-state index contributed by atoms with van der Waals surface area (Å²) in [6, 6.07) is 32.0. The second-order valence-corrected chi connectivity index (χ2v) is 18.0. The number of hydrogen-bond donors (Lipinski definition) is 0. The molecule has 0 radical (unpaired) electrons. The summed E-state index contributed by atoms with van der Waals surface area (Å²) >= 11 is 0. The third kappa shape index (κ3) is 10.8. The second kappa shape index (κ2) is 20.2. The minimum Gasteiger partial charge on any atom is -0.367 e. The van der Waals surface area contributed by atoms with E-state index in [1.807, 2.05) is 140 Å². The van der Waals surface area contributed by atoms with Gasteiger partial charge in [-0.2, -0.15) is 6.08 Å². The summed E-state index contributed by atoms with van der Waals surface area (Å²) in [4.78, 5) is 55.1. The monoisotopic (exact) mass is 1080 g/mol. The van der Waals surface area contributed by atoms with Gasteiger partial charge in [0.05, 0.1) is 17.7 Å². The molecule has 0 bridgehead atoms. The number of allylic oxidation sites excluding steroid dienone is 1. The van der Waals surface area contributed by atoms with Gasteiger partial charge in [0.2, 0.25) is 5.91 Å². The van der Waals surface area contributed by atoms with Gasteiger partial charge in [0.1, 0.15) is 5.91 Å². The first-order valence-electron chi connectivity index (χ1n) is 20.9. The van der Waals surface area contributed by atoms with Crippen molar-refractivity contribution in [2.45, 2.75) is 140 Å². The number of ketones is 1. The van der Waals surface area contributed by atoms with Crippen molar-refractivity contribution in [3.05, 3.63) is 125 Å². The van der Waals surface area contributed by atoms with Crippen LogP contribution >= 0.6 is 0 Å². The summed E-state index contributed by atoms with van der Waals surface area (Å²) in [5, 5.41) is 0. The van der Waals surface area contributed by atoms with E-state index in [4.69, 9.17) is 0 Å². The van der Waals surface area contributed by atoms with E-state index in [9.17, 15) is 19.2 Å². The molecule has 8 rings (SSSR count). The standard InChI is InChI=1S/C14H16NO.C12H13NO2.C12H17N.C11H13NO.C2H6.CH4.Rf/c1-5-10-11-8-6-7-9-12(11)15(13(10)16)14(2,3)4;1-12(2,3)13-9-7-5-4-6-8(9)10(14)11(13)15;1-12(2,3)13-9-8-10-6-4-5-7-11(10)13;1-8(2)12-10-6-4-3-5-9(10)7-11(12)13;1-2;;/h6-9H,1-4H3;4-7H,1-3H3;4-7H,8-9H2,1-3H3;3-6,8H,7H2,1-2H3;1-2H3;1H4;/q-1;;;;;;. The summed E-state index contributed by atoms with van der Waals surface area (Å²) < 4.78 is 0. The van der Waals surface area contributed by atoms with E-state index < -0.39 is 11.7 Å². The summed E-state index contributed by atoms with van der Waals surface area (Å²) in [5.41, 5.74) is 8.76. The number of hydrogen-bond acceptors (Lipinski definition) is 5. The van der Waals surface area contributed by atoms with Crippen LogP contribution in [0.25, 0.3) is 5.57 Å². The number of carbonyl (C=O) groups is 4. The van der Waals surface area contributed by atoms with Gasteiger partial charge in [0.15, 0.2) is 0 Å². The molecule has 4 aliphatic rings. The number of para-hydroxylation sites is 4. The van der Waals surface area contributed by atoms with Gasteiger partial charge in [-0.1, -0.05) is 94.9 Å². The second-order valence-electron chi connectivity index (χ2n) is 18.0. The molecule has 0 unspecified atom stereocenters. The molecule has 0 saturated carbocycles. The van der Waals surface area contributed by atoms with Crippen molar-refractivity contribution >= 4 is 51.8 Å². The van der Waals surface area contributed by atoms with Gasteiger partial charge in [-0.05, 0) is 124 Å². The van der Waals surface area contributed by atoms with Crippen LogP contribution in [0.15, 0.2) is 97.1 Å². The molecule has 4 heterocycles. The van der Waals surface area contributed by atoms with Crippen LogP contribution in [-0.2, 0) is 27.2 Å². The third-order valence-corrected chi connectivity index (χ3v) is 10.3. The Morgan fingerprint density at radius 3 is 1.48 bits per heavy atom. The quantitative estimate of drug-likeness (QED) is 0.108. The molecule has 9 heteroatoms. The average Bonchev–Trinajstić information content (AvgIpc) is 3.91. The van der Waals surface area contributed by atoms with Crippen LogP contribution in [0.5, 0.6) is 0 Å². The van der Waals surface area contributed by atoms with Crippen molar-refractivity contribution < 1.29 is 19.2 Å². The molecular weight excluding hydrogens is 1010 g/mol. The number of nitrogens with zero attached hydrogens (tertiary/aromatic N) is 4. The topological polar surface area (TPSA) is 81.2 Å². The van der Waals surface area contributed by atoms with Gasteiger partial charge in [-0.15, -0.1) is 17.2 Å². The van der Waals surface area contributed by atoms with Crippen molar-refractivity contribution in [2.75, 3.05) is 26.1 Å². The Kier molecular flexibility index (Phi) is 16.7. The molecule has 8 nitrogen and oxygen atoms in total. The van der Waals surface area contributed by atoms with Crippen molar-refractivity contribution in [1.29, 1.82) is 0 Å². The molecule has 0 atom stereocenters. The first-order valence-corrected chi connectivity index (χ1v) is 20.9. The first-order chi connectivity index (χ1) is 27.7. The number of benzene rings is 4. The normalized spacial score (nSPS) is 15.4. The predicted molar refractivity (Wildman–Crippen MR) is 252 cm³/mol. The van der Waals surface area contributed by atoms with E-state index in [0.29, 0.717) is 17.6 Å². The maximum Gasteiger partial charge on any atom is 0.299 e. The zero-order valence-corrected chi connectivity index (χ0v) is 45.0. The molecule has 3 amide bonds. The van der Waals surface area contributed by atoms with Crippen molar-refractivity contribution in [3.63, 3.8) is 0 Å². The summed E-state index contributed by atoms with van der Waals surface area (Å²) in [6.45, 7) is 29.7.